The number of hydrogen-bond donors (Lipinski definition) is 2. The molecule has 2 N–H and O–H groups in total. The Balaban J connectivity index is 2.21. The molecule has 7 nitrogen and oxygen atoms in total. The number of carbonyl (C=O) groups is 2. The lowest BCUT2D eigenvalue weighted by Crippen LogP contribution is -2.38. The summed E-state index contributed by atoms with van der Waals surface area (Å²) in [6.07, 6.45) is 0.806. The van der Waals surface area contributed by atoms with E-state index < -0.39 is 39.8 Å². The van der Waals surface area contributed by atoms with E-state index in [-0.39, 0.29) is 5.91 Å². The highest BCUT2D eigenvalue weighted by Gasteiger charge is 2.24. The van der Waals surface area contributed by atoms with Crippen molar-refractivity contribution in [3.63, 3.8) is 0 Å². The third-order valence-electron chi connectivity index (χ3n) is 3.33. The molecular weight excluding hydrogens is 380 g/mol. The molecule has 0 aliphatic carbocycles. The van der Waals surface area contributed by atoms with Crippen LogP contribution in [0.5, 0.6) is 0 Å². The quantitative estimate of drug-likeness (QED) is 0.782. The monoisotopic (exact) mass is 397 g/mol. The molecule has 0 unspecified atom stereocenters. The van der Waals surface area contributed by atoms with Gasteiger partial charge in [0.25, 0.3) is 0 Å². The highest BCUT2D eigenvalue weighted by molar-refractivity contribution is 7.92. The number of anilines is 3. The molecule has 0 aliphatic heterocycles. The first-order chi connectivity index (χ1) is 12.6. The highest BCUT2D eigenvalue weighted by atomic mass is 32.2. The van der Waals surface area contributed by atoms with Crippen LogP contribution in [0.2, 0.25) is 0 Å². The second-order valence-corrected chi connectivity index (χ2v) is 7.58. The van der Waals surface area contributed by atoms with Crippen molar-refractivity contribution < 1.29 is 26.8 Å². The van der Waals surface area contributed by atoms with Crippen LogP contribution in [0.4, 0.5) is 25.8 Å². The first kappa shape index (κ1) is 20.3. The van der Waals surface area contributed by atoms with Gasteiger partial charge in [0.15, 0.2) is 0 Å². The maximum absolute atomic E-state index is 14.0. The number of nitrogens with zero attached hydrogens (tertiary/aromatic N) is 1. The van der Waals surface area contributed by atoms with Crippen LogP contribution in [0.1, 0.15) is 6.92 Å². The van der Waals surface area contributed by atoms with Crippen molar-refractivity contribution in [1.82, 2.24) is 0 Å². The van der Waals surface area contributed by atoms with E-state index in [0.717, 1.165) is 18.4 Å². The van der Waals surface area contributed by atoms with E-state index in [1.807, 2.05) is 0 Å². The Bertz CT molecular complexity index is 980. The summed E-state index contributed by atoms with van der Waals surface area (Å²) in [5.74, 6) is -3.03. The van der Waals surface area contributed by atoms with E-state index in [0.29, 0.717) is 21.7 Å². The first-order valence-corrected chi connectivity index (χ1v) is 9.51. The summed E-state index contributed by atoms with van der Waals surface area (Å²) in [6.45, 7) is 0.609. The van der Waals surface area contributed by atoms with E-state index in [4.69, 9.17) is 0 Å². The molecule has 2 amide bonds. The third-order valence-corrected chi connectivity index (χ3v) is 4.46. The van der Waals surface area contributed by atoms with Gasteiger partial charge in [0.05, 0.1) is 11.9 Å². The summed E-state index contributed by atoms with van der Waals surface area (Å²) >= 11 is 0. The maximum atomic E-state index is 14.0. The number of rotatable bonds is 6. The van der Waals surface area contributed by atoms with Gasteiger partial charge in [0.1, 0.15) is 18.2 Å². The number of nitrogens with one attached hydrogen (secondary N) is 2. The van der Waals surface area contributed by atoms with Gasteiger partial charge in [0, 0.05) is 24.4 Å². The van der Waals surface area contributed by atoms with Crippen molar-refractivity contribution in [3.05, 3.63) is 54.1 Å². The summed E-state index contributed by atoms with van der Waals surface area (Å²) < 4.78 is 51.5. The number of hydrogen-bond acceptors (Lipinski definition) is 4. The summed E-state index contributed by atoms with van der Waals surface area (Å²) in [5, 5.41) is 5.01. The van der Waals surface area contributed by atoms with Crippen molar-refractivity contribution >= 4 is 38.9 Å². The lowest BCUT2D eigenvalue weighted by Gasteiger charge is -2.22. The lowest BCUT2D eigenvalue weighted by molar-refractivity contribution is -0.115. The molecule has 2 aromatic carbocycles. The standard InChI is InChI=1S/C17H17F2N3O4S/c1-11(23)20-13-4-3-5-14(9-13)21-17(24)10-22(27(2,25)26)16-7-6-12(18)8-15(16)19/h3-9H,10H2,1-2H3,(H,20,23)(H,21,24). The van der Waals surface area contributed by atoms with Gasteiger partial charge < -0.3 is 10.6 Å². The summed E-state index contributed by atoms with van der Waals surface area (Å²) in [5.41, 5.74) is 0.296. The maximum Gasteiger partial charge on any atom is 0.245 e. The van der Waals surface area contributed by atoms with Crippen molar-refractivity contribution in [1.29, 1.82) is 0 Å². The molecule has 2 rings (SSSR count). The molecular formula is C17H17F2N3O4S. The Morgan fingerprint density at radius 3 is 2.22 bits per heavy atom. The van der Waals surface area contributed by atoms with Gasteiger partial charge in [-0.2, -0.15) is 0 Å². The smallest absolute Gasteiger partial charge is 0.245 e. The third kappa shape index (κ3) is 5.74. The van der Waals surface area contributed by atoms with Gasteiger partial charge in [-0.15, -0.1) is 0 Å². The van der Waals surface area contributed by atoms with Crippen LogP contribution in [-0.2, 0) is 19.6 Å². The normalized spacial score (nSPS) is 11.0. The number of carbonyl (C=O) groups excluding carboxylic acids is 2. The van der Waals surface area contributed by atoms with Crippen LogP contribution in [0.15, 0.2) is 42.5 Å². The second-order valence-electron chi connectivity index (χ2n) is 5.68. The summed E-state index contributed by atoms with van der Waals surface area (Å²) in [6, 6.07) is 8.56. The molecule has 0 radical (unpaired) electrons. The number of halogens is 2. The predicted molar refractivity (Wildman–Crippen MR) is 97.9 cm³/mol. The highest BCUT2D eigenvalue weighted by Crippen LogP contribution is 2.23. The number of sulfonamides is 1. The van der Waals surface area contributed by atoms with E-state index >= 15 is 0 Å². The van der Waals surface area contributed by atoms with Crippen molar-refractivity contribution in [2.45, 2.75) is 6.92 Å². The molecule has 0 aromatic heterocycles. The number of benzene rings is 2. The van der Waals surface area contributed by atoms with Gasteiger partial charge in [-0.3, -0.25) is 13.9 Å². The van der Waals surface area contributed by atoms with E-state index in [2.05, 4.69) is 10.6 Å². The Morgan fingerprint density at radius 1 is 1.04 bits per heavy atom. The Labute approximate surface area is 155 Å². The zero-order valence-electron chi connectivity index (χ0n) is 14.5. The second kappa shape index (κ2) is 8.12. The molecule has 0 saturated carbocycles. The average Bonchev–Trinajstić information content (AvgIpc) is 2.52. The fourth-order valence-corrected chi connectivity index (χ4v) is 3.13. The van der Waals surface area contributed by atoms with E-state index in [1.54, 1.807) is 12.1 Å². The SMILES string of the molecule is CC(=O)Nc1cccc(NC(=O)CN(c2ccc(F)cc2F)S(C)(=O)=O)c1. The molecule has 0 fully saturated rings. The Hall–Kier alpha value is -3.01. The first-order valence-electron chi connectivity index (χ1n) is 7.66. The Kier molecular flexibility index (Phi) is 6.11. The topological polar surface area (TPSA) is 95.6 Å². The molecule has 0 spiro atoms. The van der Waals surface area contributed by atoms with Crippen molar-refractivity contribution in [2.24, 2.45) is 0 Å². The minimum Gasteiger partial charge on any atom is -0.326 e. The van der Waals surface area contributed by atoms with Crippen molar-refractivity contribution in [2.75, 3.05) is 27.7 Å². The molecule has 2 aromatic rings. The molecule has 0 aliphatic rings. The lowest BCUT2D eigenvalue weighted by atomic mass is 10.2. The van der Waals surface area contributed by atoms with Gasteiger partial charge >= 0.3 is 0 Å². The summed E-state index contributed by atoms with van der Waals surface area (Å²) in [7, 11) is -4.01. The van der Waals surface area contributed by atoms with E-state index in [9.17, 15) is 26.8 Å². The predicted octanol–water partition coefficient (Wildman–Crippen LogP) is 2.33. The molecule has 27 heavy (non-hydrogen) atoms. The molecule has 0 saturated heterocycles. The zero-order valence-corrected chi connectivity index (χ0v) is 15.3. The fraction of sp³-hybridized carbons (Fsp3) is 0.176. The molecule has 0 heterocycles. The van der Waals surface area contributed by atoms with E-state index in [1.165, 1.54) is 19.1 Å². The summed E-state index contributed by atoms with van der Waals surface area (Å²) in [4.78, 5) is 23.3. The largest absolute Gasteiger partial charge is 0.326 e. The van der Waals surface area contributed by atoms with Gasteiger partial charge in [-0.25, -0.2) is 17.2 Å². The van der Waals surface area contributed by atoms with Crippen LogP contribution in [0, 0.1) is 11.6 Å². The molecule has 10 heteroatoms. The minimum atomic E-state index is -4.01. The van der Waals surface area contributed by atoms with Crippen molar-refractivity contribution in [3.8, 4) is 0 Å². The van der Waals surface area contributed by atoms with Crippen LogP contribution >= 0.6 is 0 Å². The molecule has 0 bridgehead atoms. The zero-order chi connectivity index (χ0) is 20.2. The number of amides is 2. The average molecular weight is 397 g/mol. The molecule has 0 atom stereocenters. The van der Waals surface area contributed by atoms with Crippen LogP contribution in [-0.4, -0.2) is 33.0 Å². The van der Waals surface area contributed by atoms with Crippen LogP contribution in [0.3, 0.4) is 0 Å². The van der Waals surface area contributed by atoms with Crippen LogP contribution < -0.4 is 14.9 Å². The fourth-order valence-electron chi connectivity index (χ4n) is 2.27. The van der Waals surface area contributed by atoms with Gasteiger partial charge in [-0.1, -0.05) is 6.07 Å². The Morgan fingerprint density at radius 2 is 1.67 bits per heavy atom. The van der Waals surface area contributed by atoms with Gasteiger partial charge in [-0.05, 0) is 30.3 Å². The van der Waals surface area contributed by atoms with Gasteiger partial charge in [0.2, 0.25) is 21.8 Å². The minimum absolute atomic E-state index is 0.298. The van der Waals surface area contributed by atoms with Crippen LogP contribution in [0.25, 0.3) is 0 Å². The molecule has 144 valence electrons.